The first-order valence-electron chi connectivity index (χ1n) is 11.0. The van der Waals surface area contributed by atoms with E-state index in [9.17, 15) is 0 Å². The van der Waals surface area contributed by atoms with Crippen molar-refractivity contribution in [3.63, 3.8) is 0 Å². The number of nitrogens with zero attached hydrogens (tertiary/aromatic N) is 2. The molecule has 0 saturated carbocycles. The molecule has 2 aromatic carbocycles. The molecule has 0 radical (unpaired) electrons. The number of hydrogen-bond donors (Lipinski definition) is 0. The normalized spacial score (nSPS) is 11.8. The van der Waals surface area contributed by atoms with Crippen molar-refractivity contribution < 1.29 is 4.57 Å². The van der Waals surface area contributed by atoms with E-state index in [1.165, 1.54) is 50.3 Å². The molecule has 0 aliphatic carbocycles. The Morgan fingerprint density at radius 1 is 0.767 bits per heavy atom. The highest BCUT2D eigenvalue weighted by molar-refractivity contribution is 5.71. The summed E-state index contributed by atoms with van der Waals surface area (Å²) in [4.78, 5) is 0. The average molecular weight is 398 g/mol. The molecule has 2 nitrogen and oxygen atoms in total. The first-order chi connectivity index (χ1) is 14.3. The van der Waals surface area contributed by atoms with Gasteiger partial charge in [-0.1, -0.05) is 69.7 Å². The van der Waals surface area contributed by atoms with Crippen LogP contribution in [0.25, 0.3) is 22.5 Å². The fraction of sp³-hybridized carbons (Fsp3) is 0.321. The molecule has 30 heavy (non-hydrogen) atoms. The van der Waals surface area contributed by atoms with Crippen LogP contribution in [0.1, 0.15) is 67.3 Å². The summed E-state index contributed by atoms with van der Waals surface area (Å²) in [6.07, 6.45) is 4.53. The third-order valence-electron chi connectivity index (χ3n) is 6.10. The predicted octanol–water partition coefficient (Wildman–Crippen LogP) is 7.06. The molecule has 2 heterocycles. The summed E-state index contributed by atoms with van der Waals surface area (Å²) >= 11 is 0. The van der Waals surface area contributed by atoms with Gasteiger partial charge < -0.3 is 0 Å². The van der Waals surface area contributed by atoms with Crippen molar-refractivity contribution >= 4 is 5.52 Å². The third kappa shape index (κ3) is 3.45. The number of rotatable bonds is 4. The van der Waals surface area contributed by atoms with Gasteiger partial charge in [0.05, 0.1) is 0 Å². The smallest absolute Gasteiger partial charge is 0.201 e. The van der Waals surface area contributed by atoms with Crippen molar-refractivity contribution in [1.82, 2.24) is 4.40 Å². The van der Waals surface area contributed by atoms with Gasteiger partial charge in [-0.3, -0.25) is 0 Å². The lowest BCUT2D eigenvalue weighted by Crippen LogP contribution is -2.31. The number of hydrogen-bond acceptors (Lipinski definition) is 0. The van der Waals surface area contributed by atoms with E-state index in [1.54, 1.807) is 0 Å². The molecule has 154 valence electrons. The van der Waals surface area contributed by atoms with E-state index in [4.69, 9.17) is 0 Å². The number of fused-ring (bicyclic) bond motifs is 1. The maximum absolute atomic E-state index is 2.34. The van der Waals surface area contributed by atoms with E-state index >= 15 is 0 Å². The zero-order chi connectivity index (χ0) is 21.6. The Morgan fingerprint density at radius 3 is 1.90 bits per heavy atom. The van der Waals surface area contributed by atoms with Crippen molar-refractivity contribution in [2.24, 2.45) is 0 Å². The first kappa shape index (κ1) is 20.4. The third-order valence-corrected chi connectivity index (χ3v) is 6.10. The largest absolute Gasteiger partial charge is 0.254 e. The molecule has 0 bridgehead atoms. The molecule has 0 saturated heterocycles. The number of pyridine rings is 1. The molecule has 0 N–H and O–H groups in total. The van der Waals surface area contributed by atoms with Crippen LogP contribution in [0.15, 0.2) is 61.1 Å². The Bertz CT molecular complexity index is 1180. The summed E-state index contributed by atoms with van der Waals surface area (Å²) in [6.45, 7) is 15.7. The van der Waals surface area contributed by atoms with Crippen molar-refractivity contribution in [1.29, 1.82) is 0 Å². The van der Waals surface area contributed by atoms with Crippen LogP contribution in [0.5, 0.6) is 0 Å². The number of para-hydroxylation sites is 1. The molecule has 4 rings (SSSR count). The number of aryl methyl sites for hydroxylation is 3. The van der Waals surface area contributed by atoms with Crippen LogP contribution in [0.3, 0.4) is 0 Å². The molecule has 0 amide bonds. The molecule has 0 fully saturated rings. The van der Waals surface area contributed by atoms with Crippen LogP contribution in [0, 0.1) is 20.8 Å². The van der Waals surface area contributed by atoms with Crippen molar-refractivity contribution in [2.75, 3.05) is 0 Å². The SMILES string of the molecule is Cc1cc(C)c(-c2cccc3c[n+](-c4c(C(C)C)cccc4C(C)C)cn23)c(C)c1. The topological polar surface area (TPSA) is 8.29 Å². The second kappa shape index (κ2) is 7.75. The quantitative estimate of drug-likeness (QED) is 0.326. The van der Waals surface area contributed by atoms with E-state index in [0.29, 0.717) is 11.8 Å². The standard InChI is InChI=1S/C28H33N2/c1-18(2)24-11-9-12-25(19(3)4)28(24)29-16-23-10-8-13-26(30(23)17-29)27-21(6)14-20(5)15-22(27)7/h8-19H,1-7H3/q+1. The van der Waals surface area contributed by atoms with Gasteiger partial charge in [0, 0.05) is 16.7 Å². The van der Waals surface area contributed by atoms with Crippen molar-refractivity contribution in [2.45, 2.75) is 60.3 Å². The summed E-state index contributed by atoms with van der Waals surface area (Å²) in [5, 5.41) is 0. The maximum Gasteiger partial charge on any atom is 0.254 e. The Morgan fingerprint density at radius 2 is 1.33 bits per heavy atom. The van der Waals surface area contributed by atoms with E-state index < -0.39 is 0 Å². The van der Waals surface area contributed by atoms with Crippen LogP contribution in [-0.4, -0.2) is 4.40 Å². The second-order valence-electron chi connectivity index (χ2n) is 9.23. The molecule has 0 spiro atoms. The summed E-state index contributed by atoms with van der Waals surface area (Å²) in [5.74, 6) is 0.936. The highest BCUT2D eigenvalue weighted by Gasteiger charge is 2.22. The zero-order valence-electron chi connectivity index (χ0n) is 19.3. The lowest BCUT2D eigenvalue weighted by molar-refractivity contribution is -0.595. The van der Waals surface area contributed by atoms with Gasteiger partial charge in [0.1, 0.15) is 17.6 Å². The van der Waals surface area contributed by atoms with Gasteiger partial charge in [-0.15, -0.1) is 0 Å². The number of imidazole rings is 1. The van der Waals surface area contributed by atoms with Gasteiger partial charge in [-0.25, -0.2) is 4.57 Å². The fourth-order valence-corrected chi connectivity index (χ4v) is 4.79. The maximum atomic E-state index is 2.34. The van der Waals surface area contributed by atoms with E-state index in [-0.39, 0.29) is 0 Å². The molecule has 0 atom stereocenters. The van der Waals surface area contributed by atoms with Gasteiger partial charge >= 0.3 is 0 Å². The highest BCUT2D eigenvalue weighted by atomic mass is 15.1. The summed E-state index contributed by atoms with van der Waals surface area (Å²) in [6, 6.07) is 17.9. The molecular weight excluding hydrogens is 364 g/mol. The molecule has 0 aliphatic rings. The molecular formula is C28H33N2+. The first-order valence-corrected chi connectivity index (χ1v) is 11.0. The van der Waals surface area contributed by atoms with Crippen LogP contribution >= 0.6 is 0 Å². The van der Waals surface area contributed by atoms with Gasteiger partial charge in [-0.05, 0) is 55.9 Å². The minimum absolute atomic E-state index is 0.468. The fourth-order valence-electron chi connectivity index (χ4n) is 4.79. The van der Waals surface area contributed by atoms with Gasteiger partial charge in [0.25, 0.3) is 6.33 Å². The monoisotopic (exact) mass is 397 g/mol. The highest BCUT2D eigenvalue weighted by Crippen LogP contribution is 2.31. The second-order valence-corrected chi connectivity index (χ2v) is 9.23. The molecule has 0 aliphatic heterocycles. The Kier molecular flexibility index (Phi) is 5.27. The summed E-state index contributed by atoms with van der Waals surface area (Å²) in [5.41, 5.74) is 11.9. The average Bonchev–Trinajstić information content (AvgIpc) is 3.11. The lowest BCUT2D eigenvalue weighted by Gasteiger charge is -2.16. The van der Waals surface area contributed by atoms with Gasteiger partial charge in [0.15, 0.2) is 5.52 Å². The van der Waals surface area contributed by atoms with Crippen LogP contribution < -0.4 is 4.57 Å². The summed E-state index contributed by atoms with van der Waals surface area (Å²) < 4.78 is 4.67. The Labute approximate surface area is 180 Å². The summed E-state index contributed by atoms with van der Waals surface area (Å²) in [7, 11) is 0. The minimum Gasteiger partial charge on any atom is -0.201 e. The molecule has 2 aromatic heterocycles. The van der Waals surface area contributed by atoms with Crippen molar-refractivity contribution in [3.8, 4) is 16.9 Å². The van der Waals surface area contributed by atoms with Crippen LogP contribution in [0.4, 0.5) is 0 Å². The Balaban J connectivity index is 2.00. The molecule has 2 heteroatoms. The van der Waals surface area contributed by atoms with Gasteiger partial charge in [-0.2, -0.15) is 4.40 Å². The Hall–Kier alpha value is -2.87. The molecule has 4 aromatic rings. The molecule has 0 unspecified atom stereocenters. The zero-order valence-corrected chi connectivity index (χ0v) is 19.3. The van der Waals surface area contributed by atoms with Gasteiger partial charge in [0.2, 0.25) is 0 Å². The van der Waals surface area contributed by atoms with Crippen LogP contribution in [-0.2, 0) is 0 Å². The lowest BCUT2D eigenvalue weighted by atomic mass is 9.92. The van der Waals surface area contributed by atoms with Crippen LogP contribution in [0.2, 0.25) is 0 Å². The van der Waals surface area contributed by atoms with E-state index in [2.05, 4.69) is 118 Å². The van der Waals surface area contributed by atoms with E-state index in [0.717, 1.165) is 0 Å². The van der Waals surface area contributed by atoms with Crippen molar-refractivity contribution in [3.05, 3.63) is 88.9 Å². The number of aromatic nitrogens is 2. The van der Waals surface area contributed by atoms with E-state index in [1.807, 2.05) is 0 Å². The number of benzene rings is 2. The minimum atomic E-state index is 0.468. The predicted molar refractivity (Wildman–Crippen MR) is 127 cm³/mol.